The van der Waals surface area contributed by atoms with Gasteiger partial charge in [0.05, 0.1) is 29.5 Å². The summed E-state index contributed by atoms with van der Waals surface area (Å²) in [6.07, 6.45) is 4.72. The van der Waals surface area contributed by atoms with Gasteiger partial charge in [0.1, 0.15) is 11.4 Å². The molecule has 2 rings (SSSR count). The molecule has 0 fully saturated rings. The van der Waals surface area contributed by atoms with Gasteiger partial charge in [-0.1, -0.05) is 0 Å². The van der Waals surface area contributed by atoms with Crippen molar-refractivity contribution >= 4 is 21.7 Å². The molecule has 6 heteroatoms. The fraction of sp³-hybridized carbons (Fsp3) is 0.308. The highest BCUT2D eigenvalue weighted by molar-refractivity contribution is 9.10. The molecule has 0 N–H and O–H groups in total. The minimum atomic E-state index is -0.141. The number of rotatable bonds is 4. The highest BCUT2D eigenvalue weighted by Crippen LogP contribution is 2.26. The van der Waals surface area contributed by atoms with Gasteiger partial charge in [-0.15, -0.1) is 0 Å². The Morgan fingerprint density at radius 2 is 2.16 bits per heavy atom. The van der Waals surface area contributed by atoms with E-state index in [2.05, 4.69) is 26.0 Å². The third-order valence-electron chi connectivity index (χ3n) is 2.70. The molecular weight excluding hydrogens is 310 g/mol. The van der Waals surface area contributed by atoms with Crippen LogP contribution in [-0.4, -0.2) is 27.7 Å². The van der Waals surface area contributed by atoms with Gasteiger partial charge in [-0.25, -0.2) is 0 Å². The third kappa shape index (κ3) is 2.53. The number of ether oxygens (including phenoxy) is 1. The first-order chi connectivity index (χ1) is 9.06. The van der Waals surface area contributed by atoms with Crippen molar-refractivity contribution in [1.29, 1.82) is 0 Å². The minimum absolute atomic E-state index is 0.0954. The molecule has 2 aromatic rings. The van der Waals surface area contributed by atoms with Crippen molar-refractivity contribution < 1.29 is 9.53 Å². The van der Waals surface area contributed by atoms with Gasteiger partial charge >= 0.3 is 0 Å². The van der Waals surface area contributed by atoms with E-state index in [1.165, 1.54) is 13.3 Å². The second-order valence-corrected chi connectivity index (χ2v) is 5.14. The zero-order chi connectivity index (χ0) is 14.0. The van der Waals surface area contributed by atoms with Crippen LogP contribution in [-0.2, 0) is 0 Å². The van der Waals surface area contributed by atoms with E-state index in [0.29, 0.717) is 21.5 Å². The van der Waals surface area contributed by atoms with Gasteiger partial charge in [-0.05, 0) is 35.8 Å². The minimum Gasteiger partial charge on any atom is -0.494 e. The van der Waals surface area contributed by atoms with Crippen LogP contribution in [0.3, 0.4) is 0 Å². The maximum absolute atomic E-state index is 12.6. The standard InChI is InChI=1S/C13H14BrN3O2/c1-8(2)17-12(10(14)6-16-17)13(18)9-4-5-15-7-11(9)19-3/h4-8H,1-3H3. The molecule has 0 saturated heterocycles. The van der Waals surface area contributed by atoms with Gasteiger partial charge in [0, 0.05) is 12.2 Å². The molecule has 2 heterocycles. The predicted molar refractivity (Wildman–Crippen MR) is 74.5 cm³/mol. The molecule has 0 saturated carbocycles. The zero-order valence-electron chi connectivity index (χ0n) is 10.9. The van der Waals surface area contributed by atoms with Crippen molar-refractivity contribution in [1.82, 2.24) is 14.8 Å². The summed E-state index contributed by atoms with van der Waals surface area (Å²) in [5.74, 6) is 0.313. The normalized spacial score (nSPS) is 10.8. The van der Waals surface area contributed by atoms with E-state index >= 15 is 0 Å². The second-order valence-electron chi connectivity index (χ2n) is 4.28. The first-order valence-corrected chi connectivity index (χ1v) is 6.61. The summed E-state index contributed by atoms with van der Waals surface area (Å²) >= 11 is 3.37. The van der Waals surface area contributed by atoms with Crippen molar-refractivity contribution in [3.05, 3.63) is 40.4 Å². The molecule has 2 aromatic heterocycles. The smallest absolute Gasteiger partial charge is 0.216 e. The maximum Gasteiger partial charge on any atom is 0.216 e. The van der Waals surface area contributed by atoms with Crippen LogP contribution in [0.25, 0.3) is 0 Å². The molecule has 0 aromatic carbocycles. The van der Waals surface area contributed by atoms with E-state index in [1.807, 2.05) is 13.8 Å². The zero-order valence-corrected chi connectivity index (χ0v) is 12.5. The molecule has 5 nitrogen and oxygen atoms in total. The SMILES string of the molecule is COc1cnccc1C(=O)c1c(Br)cnn1C(C)C. The van der Waals surface area contributed by atoms with Gasteiger partial charge in [-0.3, -0.25) is 14.5 Å². The molecule has 0 spiro atoms. The Balaban J connectivity index is 2.53. The Hall–Kier alpha value is -1.69. The van der Waals surface area contributed by atoms with E-state index in [4.69, 9.17) is 4.74 Å². The highest BCUT2D eigenvalue weighted by Gasteiger charge is 2.22. The van der Waals surface area contributed by atoms with E-state index in [1.54, 1.807) is 23.1 Å². The number of ketones is 1. The van der Waals surface area contributed by atoms with Crippen LogP contribution in [0.2, 0.25) is 0 Å². The Bertz CT molecular complexity index is 608. The molecule has 0 aliphatic heterocycles. The number of hydrogen-bond donors (Lipinski definition) is 0. The van der Waals surface area contributed by atoms with Crippen LogP contribution in [0.1, 0.15) is 35.9 Å². The lowest BCUT2D eigenvalue weighted by molar-refractivity contribution is 0.102. The molecule has 0 unspecified atom stereocenters. The summed E-state index contributed by atoms with van der Waals surface area (Å²) in [6, 6.07) is 1.74. The second kappa shape index (κ2) is 5.52. The number of aromatic nitrogens is 3. The molecule has 100 valence electrons. The summed E-state index contributed by atoms with van der Waals surface area (Å²) in [5.41, 5.74) is 0.986. The van der Waals surface area contributed by atoms with Crippen LogP contribution >= 0.6 is 15.9 Å². The Morgan fingerprint density at radius 1 is 1.42 bits per heavy atom. The van der Waals surface area contributed by atoms with E-state index < -0.39 is 0 Å². The number of methoxy groups -OCH3 is 1. The lowest BCUT2D eigenvalue weighted by Crippen LogP contribution is -2.14. The lowest BCUT2D eigenvalue weighted by atomic mass is 10.1. The fourth-order valence-electron chi connectivity index (χ4n) is 1.80. The summed E-state index contributed by atoms with van der Waals surface area (Å²) in [6.45, 7) is 3.94. The molecule has 0 amide bonds. The molecule has 19 heavy (non-hydrogen) atoms. The molecule has 0 bridgehead atoms. The maximum atomic E-state index is 12.6. The topological polar surface area (TPSA) is 57.0 Å². The lowest BCUT2D eigenvalue weighted by Gasteiger charge is -2.12. The van der Waals surface area contributed by atoms with Crippen LogP contribution < -0.4 is 4.74 Å². The number of carbonyl (C=O) groups is 1. The third-order valence-corrected chi connectivity index (χ3v) is 3.28. The van der Waals surface area contributed by atoms with Crippen molar-refractivity contribution in [3.63, 3.8) is 0 Å². The molecular formula is C13H14BrN3O2. The predicted octanol–water partition coefficient (Wildman–Crippen LogP) is 2.86. The fourth-order valence-corrected chi connectivity index (χ4v) is 2.26. The van der Waals surface area contributed by atoms with Gasteiger partial charge in [0.15, 0.2) is 0 Å². The van der Waals surface area contributed by atoms with Gasteiger partial charge in [-0.2, -0.15) is 5.10 Å². The van der Waals surface area contributed by atoms with E-state index in [0.717, 1.165) is 0 Å². The summed E-state index contributed by atoms with van der Waals surface area (Å²) in [7, 11) is 1.52. The number of hydrogen-bond acceptors (Lipinski definition) is 4. The molecule has 0 aliphatic rings. The average Bonchev–Trinajstić information content (AvgIpc) is 2.80. The number of carbonyl (C=O) groups excluding carboxylic acids is 1. The Labute approximate surface area is 119 Å². The van der Waals surface area contributed by atoms with Crippen LogP contribution in [0, 0.1) is 0 Å². The number of halogens is 1. The summed E-state index contributed by atoms with van der Waals surface area (Å²) in [5, 5.41) is 4.21. The highest BCUT2D eigenvalue weighted by atomic mass is 79.9. The van der Waals surface area contributed by atoms with E-state index in [9.17, 15) is 4.79 Å². The molecule has 0 atom stereocenters. The van der Waals surface area contributed by atoms with Crippen LogP contribution in [0.5, 0.6) is 5.75 Å². The summed E-state index contributed by atoms with van der Waals surface area (Å²) in [4.78, 5) is 16.6. The monoisotopic (exact) mass is 323 g/mol. The van der Waals surface area contributed by atoms with Crippen molar-refractivity contribution in [2.75, 3.05) is 7.11 Å². The van der Waals surface area contributed by atoms with Crippen molar-refractivity contribution in [2.45, 2.75) is 19.9 Å². The quantitative estimate of drug-likeness (QED) is 0.812. The van der Waals surface area contributed by atoms with E-state index in [-0.39, 0.29) is 11.8 Å². The van der Waals surface area contributed by atoms with Crippen molar-refractivity contribution in [3.8, 4) is 5.75 Å². The van der Waals surface area contributed by atoms with Crippen molar-refractivity contribution in [2.24, 2.45) is 0 Å². The average molecular weight is 324 g/mol. The molecule has 0 aliphatic carbocycles. The number of nitrogens with zero attached hydrogens (tertiary/aromatic N) is 3. The Morgan fingerprint density at radius 3 is 2.79 bits per heavy atom. The van der Waals surface area contributed by atoms with Gasteiger partial charge in [0.2, 0.25) is 5.78 Å². The van der Waals surface area contributed by atoms with Gasteiger partial charge < -0.3 is 4.74 Å². The van der Waals surface area contributed by atoms with Gasteiger partial charge in [0.25, 0.3) is 0 Å². The first kappa shape index (κ1) is 13.7. The van der Waals surface area contributed by atoms with Crippen LogP contribution in [0.15, 0.2) is 29.1 Å². The summed E-state index contributed by atoms with van der Waals surface area (Å²) < 4.78 is 7.53. The first-order valence-electron chi connectivity index (χ1n) is 5.82. The largest absolute Gasteiger partial charge is 0.494 e. The Kier molecular flexibility index (Phi) is 3.99. The number of pyridine rings is 1. The molecule has 0 radical (unpaired) electrons. The van der Waals surface area contributed by atoms with Crippen LogP contribution in [0.4, 0.5) is 0 Å².